The van der Waals surface area contributed by atoms with Crippen LogP contribution in [0.5, 0.6) is 0 Å². The van der Waals surface area contributed by atoms with E-state index in [1.54, 1.807) is 11.8 Å². The third-order valence-electron chi connectivity index (χ3n) is 2.06. The molecular weight excluding hydrogens is 287 g/mol. The molecule has 1 aromatic carbocycles. The highest BCUT2D eigenvalue weighted by Crippen LogP contribution is 2.28. The first kappa shape index (κ1) is 14.0. The van der Waals surface area contributed by atoms with Crippen molar-refractivity contribution in [1.29, 1.82) is 0 Å². The molecule has 0 amide bonds. The molecule has 1 aliphatic rings. The maximum absolute atomic E-state index is 6.06. The van der Waals surface area contributed by atoms with Crippen LogP contribution < -0.4 is 5.32 Å². The molecule has 2 rings (SSSR count). The second kappa shape index (κ2) is 6.60. The topological polar surface area (TPSA) is 24.4 Å². The lowest BCUT2D eigenvalue weighted by molar-refractivity contribution is 0.963. The van der Waals surface area contributed by atoms with Crippen LogP contribution in [0, 0.1) is 0 Å². The predicted molar refractivity (Wildman–Crippen MR) is 75.3 cm³/mol. The Hall–Kier alpha value is -0.0900. The first-order valence-corrected chi connectivity index (χ1v) is 6.35. The van der Waals surface area contributed by atoms with Crippen molar-refractivity contribution in [3.05, 3.63) is 33.8 Å². The standard InChI is InChI=1S/C10H10Cl2N2S.ClH/c11-8-2-1-3-9(12)7(8)6-15-10-13-4-5-14-10;/h1-3H,4-6H2,(H,13,14);1H. The van der Waals surface area contributed by atoms with E-state index in [4.69, 9.17) is 23.2 Å². The molecule has 6 heteroatoms. The molecule has 2 nitrogen and oxygen atoms in total. The molecule has 0 spiro atoms. The fraction of sp³-hybridized carbons (Fsp3) is 0.300. The normalized spacial score (nSPS) is 14.0. The first-order valence-electron chi connectivity index (χ1n) is 4.61. The number of hydrogen-bond donors (Lipinski definition) is 1. The lowest BCUT2D eigenvalue weighted by atomic mass is 10.2. The van der Waals surface area contributed by atoms with Crippen LogP contribution in [0.1, 0.15) is 5.56 Å². The summed E-state index contributed by atoms with van der Waals surface area (Å²) in [5, 5.41) is 5.60. The Morgan fingerprint density at radius 3 is 2.56 bits per heavy atom. The number of aliphatic imine (C=N–C) groups is 1. The third kappa shape index (κ3) is 3.45. The van der Waals surface area contributed by atoms with E-state index in [9.17, 15) is 0 Å². The third-order valence-corrected chi connectivity index (χ3v) is 3.75. The number of nitrogens with zero attached hydrogens (tertiary/aromatic N) is 1. The average Bonchev–Trinajstić information content (AvgIpc) is 2.70. The van der Waals surface area contributed by atoms with E-state index in [0.29, 0.717) is 10.0 Å². The highest BCUT2D eigenvalue weighted by Gasteiger charge is 2.09. The Balaban J connectivity index is 0.00000128. The van der Waals surface area contributed by atoms with Gasteiger partial charge in [0.2, 0.25) is 0 Å². The van der Waals surface area contributed by atoms with Crippen molar-refractivity contribution in [3.8, 4) is 0 Å². The van der Waals surface area contributed by atoms with Gasteiger partial charge < -0.3 is 5.32 Å². The van der Waals surface area contributed by atoms with Crippen molar-refractivity contribution in [3.63, 3.8) is 0 Å². The van der Waals surface area contributed by atoms with Gasteiger partial charge in [0.1, 0.15) is 0 Å². The number of halogens is 3. The summed E-state index contributed by atoms with van der Waals surface area (Å²) in [6.45, 7) is 1.79. The SMILES string of the molecule is Cl.Clc1cccc(Cl)c1CSC1=NCCN1. The molecule has 0 atom stereocenters. The molecule has 0 aromatic heterocycles. The highest BCUT2D eigenvalue weighted by atomic mass is 35.5. The van der Waals surface area contributed by atoms with Crippen LogP contribution in [0.3, 0.4) is 0 Å². The fourth-order valence-corrected chi connectivity index (χ4v) is 2.95. The maximum atomic E-state index is 6.06. The molecule has 0 saturated heterocycles. The summed E-state index contributed by atoms with van der Waals surface area (Å²) in [5.41, 5.74) is 0.974. The Morgan fingerprint density at radius 1 is 1.31 bits per heavy atom. The van der Waals surface area contributed by atoms with Gasteiger partial charge >= 0.3 is 0 Å². The smallest absolute Gasteiger partial charge is 0.157 e. The van der Waals surface area contributed by atoms with Gasteiger partial charge in [0, 0.05) is 22.3 Å². The Morgan fingerprint density at radius 2 is 2.00 bits per heavy atom. The summed E-state index contributed by atoms with van der Waals surface area (Å²) >= 11 is 13.7. The summed E-state index contributed by atoms with van der Waals surface area (Å²) in [6, 6.07) is 5.56. The van der Waals surface area contributed by atoms with Crippen molar-refractivity contribution >= 4 is 52.5 Å². The van der Waals surface area contributed by atoms with Crippen molar-refractivity contribution in [2.75, 3.05) is 13.1 Å². The Kier molecular flexibility index (Phi) is 5.76. The number of amidine groups is 1. The molecule has 0 radical (unpaired) electrons. The molecule has 16 heavy (non-hydrogen) atoms. The number of hydrogen-bond acceptors (Lipinski definition) is 3. The van der Waals surface area contributed by atoms with Crippen LogP contribution in [-0.2, 0) is 5.75 Å². The summed E-state index contributed by atoms with van der Waals surface area (Å²) in [7, 11) is 0. The van der Waals surface area contributed by atoms with Gasteiger partial charge in [0.05, 0.1) is 6.54 Å². The van der Waals surface area contributed by atoms with Crippen molar-refractivity contribution < 1.29 is 0 Å². The molecule has 1 aliphatic heterocycles. The second-order valence-corrected chi connectivity index (χ2v) is 4.88. The summed E-state index contributed by atoms with van der Waals surface area (Å²) in [5.74, 6) is 0.754. The molecule has 88 valence electrons. The Labute approximate surface area is 115 Å². The van der Waals surface area contributed by atoms with E-state index in [2.05, 4.69) is 10.3 Å². The van der Waals surface area contributed by atoms with Crippen LogP contribution in [0.4, 0.5) is 0 Å². The van der Waals surface area contributed by atoms with E-state index in [1.165, 1.54) is 0 Å². The van der Waals surface area contributed by atoms with Crippen LogP contribution in [0.25, 0.3) is 0 Å². The molecule has 0 unspecified atom stereocenters. The van der Waals surface area contributed by atoms with Gasteiger partial charge in [0.15, 0.2) is 5.17 Å². The minimum Gasteiger partial charge on any atom is -0.363 e. The molecule has 0 fully saturated rings. The molecule has 0 bridgehead atoms. The van der Waals surface area contributed by atoms with E-state index in [0.717, 1.165) is 29.6 Å². The quantitative estimate of drug-likeness (QED) is 0.902. The lowest BCUT2D eigenvalue weighted by Crippen LogP contribution is -2.15. The molecule has 1 heterocycles. The largest absolute Gasteiger partial charge is 0.363 e. The molecule has 0 saturated carbocycles. The highest BCUT2D eigenvalue weighted by molar-refractivity contribution is 8.13. The van der Waals surface area contributed by atoms with Gasteiger partial charge in [-0.1, -0.05) is 41.0 Å². The average molecular weight is 298 g/mol. The van der Waals surface area contributed by atoms with Gasteiger partial charge in [-0.25, -0.2) is 0 Å². The minimum atomic E-state index is 0. The summed E-state index contributed by atoms with van der Waals surface area (Å²) in [4.78, 5) is 4.29. The summed E-state index contributed by atoms with van der Waals surface area (Å²) < 4.78 is 0. The van der Waals surface area contributed by atoms with Crippen molar-refractivity contribution in [2.45, 2.75) is 5.75 Å². The Bertz CT molecular complexity index is 375. The molecule has 1 aromatic rings. The molecular formula is C10H11Cl3N2S. The predicted octanol–water partition coefficient (Wildman–Crippen LogP) is 3.61. The van der Waals surface area contributed by atoms with Crippen molar-refractivity contribution in [2.24, 2.45) is 4.99 Å². The van der Waals surface area contributed by atoms with Crippen LogP contribution in [0.15, 0.2) is 23.2 Å². The zero-order valence-electron chi connectivity index (χ0n) is 8.37. The van der Waals surface area contributed by atoms with Gasteiger partial charge in [-0.3, -0.25) is 4.99 Å². The van der Waals surface area contributed by atoms with Crippen LogP contribution in [0.2, 0.25) is 10.0 Å². The number of nitrogens with one attached hydrogen (secondary N) is 1. The van der Waals surface area contributed by atoms with Gasteiger partial charge in [-0.15, -0.1) is 12.4 Å². The number of rotatable bonds is 2. The number of thioether (sulfide) groups is 1. The van der Waals surface area contributed by atoms with E-state index in [1.807, 2.05) is 18.2 Å². The monoisotopic (exact) mass is 296 g/mol. The lowest BCUT2D eigenvalue weighted by Gasteiger charge is -2.06. The molecule has 1 N–H and O–H groups in total. The van der Waals surface area contributed by atoms with Crippen molar-refractivity contribution in [1.82, 2.24) is 5.32 Å². The summed E-state index contributed by atoms with van der Waals surface area (Å²) in [6.07, 6.45) is 0. The molecule has 0 aliphatic carbocycles. The van der Waals surface area contributed by atoms with Gasteiger partial charge in [-0.2, -0.15) is 0 Å². The minimum absolute atomic E-state index is 0. The van der Waals surface area contributed by atoms with Crippen LogP contribution in [-0.4, -0.2) is 18.3 Å². The van der Waals surface area contributed by atoms with E-state index in [-0.39, 0.29) is 12.4 Å². The van der Waals surface area contributed by atoms with Gasteiger partial charge in [-0.05, 0) is 17.7 Å². The second-order valence-electron chi connectivity index (χ2n) is 3.10. The fourth-order valence-electron chi connectivity index (χ4n) is 1.28. The van der Waals surface area contributed by atoms with Crippen LogP contribution >= 0.6 is 47.4 Å². The zero-order chi connectivity index (χ0) is 10.7. The first-order chi connectivity index (χ1) is 7.27. The van der Waals surface area contributed by atoms with E-state index < -0.39 is 0 Å². The maximum Gasteiger partial charge on any atom is 0.157 e. The van der Waals surface area contributed by atoms with E-state index >= 15 is 0 Å². The van der Waals surface area contributed by atoms with Gasteiger partial charge in [0.25, 0.3) is 0 Å². The number of benzene rings is 1. The zero-order valence-corrected chi connectivity index (χ0v) is 11.5.